The van der Waals surface area contributed by atoms with Gasteiger partial charge in [-0.3, -0.25) is 0 Å². The van der Waals surface area contributed by atoms with E-state index in [0.717, 1.165) is 37.7 Å². The molecule has 0 aromatic heterocycles. The standard InChI is InChI=1S/C24H14ClF3/c25-23(26)11-10-15-12-14-6-3-8-17-16-7-1-4-13-5-2-9-18(19(13)16)21(20(14)17)22(15)24(23,27)28/h1-9,12H,10-11H2. The molecule has 0 nitrogen and oxygen atoms in total. The van der Waals surface area contributed by atoms with Crippen LogP contribution in [0.15, 0.2) is 60.7 Å². The summed E-state index contributed by atoms with van der Waals surface area (Å²) in [6.45, 7) is 0. The molecule has 28 heavy (non-hydrogen) atoms. The Morgan fingerprint density at radius 1 is 0.714 bits per heavy atom. The fourth-order valence-corrected chi connectivity index (χ4v) is 5.16. The Morgan fingerprint density at radius 3 is 2.04 bits per heavy atom. The first kappa shape index (κ1) is 16.4. The molecule has 1 aliphatic rings. The van der Waals surface area contributed by atoms with Gasteiger partial charge in [-0.25, -0.2) is 4.39 Å². The Kier molecular flexibility index (Phi) is 2.99. The molecule has 6 rings (SSSR count). The largest absolute Gasteiger partial charge is 0.321 e. The zero-order chi connectivity index (χ0) is 19.3. The summed E-state index contributed by atoms with van der Waals surface area (Å²) < 4.78 is 45.5. The SMILES string of the molecule is FC1(Cl)CCc2cc3cccc4c5cccc6cccc(c(c2C1(F)F)c34)c65. The van der Waals surface area contributed by atoms with Crippen molar-refractivity contribution >= 4 is 54.7 Å². The lowest BCUT2D eigenvalue weighted by molar-refractivity contribution is -0.110. The quantitative estimate of drug-likeness (QED) is 0.143. The lowest BCUT2D eigenvalue weighted by Crippen LogP contribution is -2.41. The summed E-state index contributed by atoms with van der Waals surface area (Å²) in [5, 5.41) is 3.55. The van der Waals surface area contributed by atoms with Gasteiger partial charge in [0.05, 0.1) is 0 Å². The molecule has 5 aromatic rings. The van der Waals surface area contributed by atoms with E-state index in [2.05, 4.69) is 0 Å². The molecule has 0 amide bonds. The van der Waals surface area contributed by atoms with E-state index in [-0.39, 0.29) is 12.0 Å². The van der Waals surface area contributed by atoms with Crippen molar-refractivity contribution < 1.29 is 13.2 Å². The summed E-state index contributed by atoms with van der Waals surface area (Å²) in [6.07, 6.45) is -0.213. The molecule has 0 saturated carbocycles. The van der Waals surface area contributed by atoms with Crippen molar-refractivity contribution in [3.63, 3.8) is 0 Å². The average Bonchev–Trinajstić information content (AvgIpc) is 2.68. The summed E-state index contributed by atoms with van der Waals surface area (Å²) >= 11 is 5.72. The van der Waals surface area contributed by atoms with Gasteiger partial charge in [0.2, 0.25) is 0 Å². The predicted molar refractivity (Wildman–Crippen MR) is 110 cm³/mol. The third-order valence-electron chi connectivity index (χ3n) is 6.19. The highest BCUT2D eigenvalue weighted by Gasteiger charge is 2.58. The zero-order valence-electron chi connectivity index (χ0n) is 14.7. The van der Waals surface area contributed by atoms with Crippen LogP contribution in [-0.4, -0.2) is 5.13 Å². The Balaban J connectivity index is 2.00. The summed E-state index contributed by atoms with van der Waals surface area (Å²) in [5.74, 6) is -3.77. The fourth-order valence-electron chi connectivity index (χ4n) is 4.97. The number of alkyl halides is 4. The second-order valence-corrected chi connectivity index (χ2v) is 8.28. The topological polar surface area (TPSA) is 0 Å². The molecule has 5 aromatic carbocycles. The second-order valence-electron chi connectivity index (χ2n) is 7.68. The molecule has 0 spiro atoms. The summed E-state index contributed by atoms with van der Waals surface area (Å²) in [6, 6.07) is 19.3. The van der Waals surface area contributed by atoms with Crippen molar-refractivity contribution in [2.24, 2.45) is 0 Å². The van der Waals surface area contributed by atoms with Crippen LogP contribution in [0.3, 0.4) is 0 Å². The Bertz CT molecular complexity index is 1410. The van der Waals surface area contributed by atoms with Gasteiger partial charge in [-0.05, 0) is 49.7 Å². The van der Waals surface area contributed by atoms with Gasteiger partial charge in [0.1, 0.15) is 0 Å². The molecule has 4 heteroatoms. The molecule has 0 heterocycles. The van der Waals surface area contributed by atoms with Crippen molar-refractivity contribution in [3.8, 4) is 0 Å². The number of halogens is 4. The van der Waals surface area contributed by atoms with Crippen LogP contribution in [-0.2, 0) is 12.3 Å². The van der Waals surface area contributed by atoms with E-state index in [1.165, 1.54) is 0 Å². The monoisotopic (exact) mass is 394 g/mol. The molecule has 1 unspecified atom stereocenters. The molecular formula is C24H14ClF3. The molecule has 0 radical (unpaired) electrons. The molecule has 1 atom stereocenters. The minimum atomic E-state index is -3.77. The van der Waals surface area contributed by atoms with Crippen LogP contribution < -0.4 is 0 Å². The first-order chi connectivity index (χ1) is 13.4. The predicted octanol–water partition coefficient (Wildman–Crippen LogP) is 7.68. The third-order valence-corrected chi connectivity index (χ3v) is 6.62. The molecule has 0 N–H and O–H groups in total. The van der Waals surface area contributed by atoms with Crippen LogP contribution in [0.2, 0.25) is 0 Å². The van der Waals surface area contributed by atoms with E-state index in [0.29, 0.717) is 10.9 Å². The van der Waals surface area contributed by atoms with Crippen LogP contribution in [0.1, 0.15) is 17.5 Å². The van der Waals surface area contributed by atoms with Gasteiger partial charge in [-0.1, -0.05) is 72.3 Å². The minimum absolute atomic E-state index is 0.190. The fraction of sp³-hybridized carbons (Fsp3) is 0.167. The smallest absolute Gasteiger partial charge is 0.219 e. The van der Waals surface area contributed by atoms with Crippen molar-refractivity contribution in [1.82, 2.24) is 0 Å². The Hall–Kier alpha value is -2.52. The number of benzene rings is 5. The molecule has 0 fully saturated rings. The van der Waals surface area contributed by atoms with Crippen LogP contribution in [0.5, 0.6) is 0 Å². The number of aryl methyl sites for hydroxylation is 1. The van der Waals surface area contributed by atoms with Crippen LogP contribution in [0.25, 0.3) is 43.1 Å². The lowest BCUT2D eigenvalue weighted by atomic mass is 9.79. The molecule has 0 aliphatic heterocycles. The van der Waals surface area contributed by atoms with Gasteiger partial charge in [0.15, 0.2) is 0 Å². The van der Waals surface area contributed by atoms with Crippen LogP contribution in [0, 0.1) is 0 Å². The van der Waals surface area contributed by atoms with Gasteiger partial charge in [0, 0.05) is 17.4 Å². The highest BCUT2D eigenvalue weighted by molar-refractivity contribution is 6.34. The molecule has 1 aliphatic carbocycles. The van der Waals surface area contributed by atoms with Crippen molar-refractivity contribution in [2.45, 2.75) is 23.9 Å². The van der Waals surface area contributed by atoms with E-state index in [1.807, 2.05) is 54.6 Å². The minimum Gasteiger partial charge on any atom is -0.219 e. The van der Waals surface area contributed by atoms with Gasteiger partial charge >= 0.3 is 5.92 Å². The van der Waals surface area contributed by atoms with Crippen molar-refractivity contribution in [1.29, 1.82) is 0 Å². The molecular weight excluding hydrogens is 381 g/mol. The van der Waals surface area contributed by atoms with E-state index >= 15 is 8.78 Å². The van der Waals surface area contributed by atoms with Crippen LogP contribution in [0.4, 0.5) is 13.2 Å². The first-order valence-electron chi connectivity index (χ1n) is 9.27. The highest BCUT2D eigenvalue weighted by Crippen LogP contribution is 2.56. The normalized spacial score (nSPS) is 21.7. The average molecular weight is 395 g/mol. The van der Waals surface area contributed by atoms with Crippen molar-refractivity contribution in [2.75, 3.05) is 0 Å². The first-order valence-corrected chi connectivity index (χ1v) is 9.65. The maximum Gasteiger partial charge on any atom is 0.321 e. The van der Waals surface area contributed by atoms with Gasteiger partial charge in [0.25, 0.3) is 5.13 Å². The summed E-state index contributed by atoms with van der Waals surface area (Å²) in [7, 11) is 0. The van der Waals surface area contributed by atoms with E-state index < -0.39 is 17.5 Å². The van der Waals surface area contributed by atoms with Gasteiger partial charge in [-0.2, -0.15) is 8.78 Å². The van der Waals surface area contributed by atoms with Crippen LogP contribution >= 0.6 is 11.6 Å². The maximum absolute atomic E-state index is 15.4. The molecule has 0 saturated heterocycles. The van der Waals surface area contributed by atoms with E-state index in [4.69, 9.17) is 11.6 Å². The highest BCUT2D eigenvalue weighted by atomic mass is 35.5. The summed E-state index contributed by atoms with van der Waals surface area (Å²) in [4.78, 5) is 0. The second kappa shape index (κ2) is 5.09. The van der Waals surface area contributed by atoms with E-state index in [1.54, 1.807) is 6.07 Å². The number of rotatable bonds is 0. The number of fused-ring (bicyclic) bond motifs is 4. The van der Waals surface area contributed by atoms with Gasteiger partial charge < -0.3 is 0 Å². The van der Waals surface area contributed by atoms with Crippen molar-refractivity contribution in [3.05, 3.63) is 71.8 Å². The lowest BCUT2D eigenvalue weighted by Gasteiger charge is -2.36. The number of hydrogen-bond acceptors (Lipinski definition) is 0. The number of hydrogen-bond donors (Lipinski definition) is 0. The Morgan fingerprint density at radius 2 is 1.32 bits per heavy atom. The Labute approximate surface area is 163 Å². The molecule has 138 valence electrons. The summed E-state index contributed by atoms with van der Waals surface area (Å²) in [5.41, 5.74) is 0.230. The maximum atomic E-state index is 15.4. The van der Waals surface area contributed by atoms with E-state index in [9.17, 15) is 4.39 Å². The zero-order valence-corrected chi connectivity index (χ0v) is 15.5. The molecule has 0 bridgehead atoms. The third kappa shape index (κ3) is 1.83. The van der Waals surface area contributed by atoms with Gasteiger partial charge in [-0.15, -0.1) is 0 Å².